The first-order chi connectivity index (χ1) is 19.4. The number of likely N-dealkylation sites (tertiary alicyclic amines) is 1. The van der Waals surface area contributed by atoms with Gasteiger partial charge in [-0.2, -0.15) is 0 Å². The number of hydrogen-bond acceptors (Lipinski definition) is 3. The molecule has 216 valence electrons. The lowest BCUT2D eigenvalue weighted by molar-refractivity contribution is 0.0878. The van der Waals surface area contributed by atoms with Gasteiger partial charge in [0.1, 0.15) is 5.82 Å². The number of nitrogens with one attached hydrogen (secondary N) is 1. The van der Waals surface area contributed by atoms with Crippen molar-refractivity contribution >= 4 is 58.2 Å². The molecule has 0 radical (unpaired) electrons. The van der Waals surface area contributed by atoms with Gasteiger partial charge in [0, 0.05) is 38.4 Å². The van der Waals surface area contributed by atoms with Crippen molar-refractivity contribution in [3.63, 3.8) is 0 Å². The van der Waals surface area contributed by atoms with Gasteiger partial charge in [-0.1, -0.05) is 46.9 Å². The van der Waals surface area contributed by atoms with E-state index in [1.807, 2.05) is 26.8 Å². The molecular formula is C31H32Cl3FN3O3+. The number of nitrogens with zero attached hydrogens (tertiary/aromatic N) is 2. The van der Waals surface area contributed by atoms with Gasteiger partial charge in [-0.25, -0.2) is 9.18 Å². The fourth-order valence-electron chi connectivity index (χ4n) is 5.53. The number of carbonyl (C=O) groups is 1. The first kappa shape index (κ1) is 29.6. The highest BCUT2D eigenvalue weighted by Crippen LogP contribution is 2.46. The summed E-state index contributed by atoms with van der Waals surface area (Å²) < 4.78 is 19.6. The Labute approximate surface area is 254 Å². The van der Waals surface area contributed by atoms with Gasteiger partial charge in [-0.3, -0.25) is 9.80 Å². The van der Waals surface area contributed by atoms with E-state index in [2.05, 4.69) is 16.3 Å². The van der Waals surface area contributed by atoms with Crippen LogP contribution in [0.1, 0.15) is 50.7 Å². The minimum atomic E-state index is -0.466. The minimum Gasteiger partial charge on any atom is -0.338 e. The van der Waals surface area contributed by atoms with Crippen LogP contribution in [0.4, 0.5) is 20.6 Å². The molecule has 2 aliphatic heterocycles. The van der Waals surface area contributed by atoms with E-state index in [-0.39, 0.29) is 29.5 Å². The van der Waals surface area contributed by atoms with Crippen molar-refractivity contribution in [1.29, 1.82) is 0 Å². The van der Waals surface area contributed by atoms with Crippen molar-refractivity contribution in [3.8, 4) is 11.1 Å². The van der Waals surface area contributed by atoms with E-state index in [0.717, 1.165) is 42.6 Å². The third kappa shape index (κ3) is 6.49. The van der Waals surface area contributed by atoms with E-state index >= 15 is 0 Å². The molecule has 41 heavy (non-hydrogen) atoms. The lowest BCUT2D eigenvalue weighted by atomic mass is 9.84. The molecular weight excluding hydrogens is 588 g/mol. The minimum absolute atomic E-state index is 0.0104. The van der Waals surface area contributed by atoms with Crippen molar-refractivity contribution in [2.45, 2.75) is 51.7 Å². The molecule has 0 bridgehead atoms. The van der Waals surface area contributed by atoms with Gasteiger partial charge in [0.2, 0.25) is 0 Å². The van der Waals surface area contributed by atoms with E-state index in [1.165, 1.54) is 17.0 Å². The predicted molar refractivity (Wildman–Crippen MR) is 164 cm³/mol. The maximum Gasteiger partial charge on any atom is 0.497 e. The fourth-order valence-corrected chi connectivity index (χ4v) is 6.36. The van der Waals surface area contributed by atoms with Crippen LogP contribution in [0.25, 0.3) is 11.1 Å². The monoisotopic (exact) mass is 618 g/mol. The lowest BCUT2D eigenvalue weighted by Crippen LogP contribution is -2.42. The number of carbonyl (C=O) groups excluding carboxylic acids is 2. The number of amides is 2. The number of urea groups is 1. The van der Waals surface area contributed by atoms with Crippen LogP contribution in [0, 0.1) is 5.82 Å². The highest BCUT2D eigenvalue weighted by molar-refractivity contribution is 6.40. The largest absolute Gasteiger partial charge is 0.497 e. The number of fused-ring (bicyclic) bond motifs is 1. The molecule has 0 aliphatic carbocycles. The molecule has 0 saturated carbocycles. The highest BCUT2D eigenvalue weighted by Gasteiger charge is 2.34. The Hall–Kier alpha value is -2.84. The van der Waals surface area contributed by atoms with Gasteiger partial charge >= 0.3 is 12.0 Å². The number of anilines is 2. The molecule has 1 saturated heterocycles. The van der Waals surface area contributed by atoms with E-state index in [0.29, 0.717) is 33.5 Å². The number of esters is 1. The average molecular weight is 620 g/mol. The zero-order valence-electron chi connectivity index (χ0n) is 23.1. The Balaban J connectivity index is 1.54. The second kappa shape index (κ2) is 11.8. The molecule has 0 atom stereocenters. The average Bonchev–Trinajstić information content (AvgIpc) is 2.88. The molecule has 6 nitrogen and oxygen atoms in total. The highest BCUT2D eigenvalue weighted by atomic mass is 35.5. The summed E-state index contributed by atoms with van der Waals surface area (Å²) in [4.78, 5) is 27.3. The van der Waals surface area contributed by atoms with Gasteiger partial charge in [0.05, 0.1) is 26.4 Å². The summed E-state index contributed by atoms with van der Waals surface area (Å²) in [6.45, 7) is 7.82. The second-order valence-electron chi connectivity index (χ2n) is 11.4. The zero-order chi connectivity index (χ0) is 29.5. The molecule has 0 unspecified atom stereocenters. The van der Waals surface area contributed by atoms with Crippen LogP contribution in [-0.2, 0) is 11.3 Å². The maximum absolute atomic E-state index is 14.0. The molecule has 5 rings (SSSR count). The van der Waals surface area contributed by atoms with Gasteiger partial charge in [-0.15, -0.1) is 0 Å². The van der Waals surface area contributed by atoms with Crippen molar-refractivity contribution in [2.75, 3.05) is 24.5 Å². The molecule has 2 heterocycles. The van der Waals surface area contributed by atoms with Crippen molar-refractivity contribution in [3.05, 3.63) is 80.5 Å². The summed E-state index contributed by atoms with van der Waals surface area (Å²) >= 11 is 19.7. The molecule has 0 spiro atoms. The number of ether oxygens (including phenoxy) is 1. The van der Waals surface area contributed by atoms with E-state index in [1.54, 1.807) is 24.3 Å². The first-order valence-electron chi connectivity index (χ1n) is 13.5. The molecule has 3 aromatic rings. The first-order valence-corrected chi connectivity index (χ1v) is 14.6. The SMILES string of the molecule is CC(C)(C)OC(=[OH+])CN1CCC(c2cc(-c3ccc(F)cc3Cl)c3c(c2)N(c2c(Cl)cccc2Cl)C(=O)NC3)CC1. The quantitative estimate of drug-likeness (QED) is 0.231. The smallest absolute Gasteiger partial charge is 0.338 e. The van der Waals surface area contributed by atoms with Crippen LogP contribution in [0.2, 0.25) is 15.1 Å². The summed E-state index contributed by atoms with van der Waals surface area (Å²) in [7, 11) is 0. The Morgan fingerprint density at radius 3 is 2.34 bits per heavy atom. The summed E-state index contributed by atoms with van der Waals surface area (Å²) in [6.07, 6.45) is 1.66. The van der Waals surface area contributed by atoms with E-state index < -0.39 is 11.4 Å². The number of piperidine rings is 1. The molecule has 0 aromatic heterocycles. The summed E-state index contributed by atoms with van der Waals surface area (Å²) in [5.41, 5.74) is 3.92. The molecule has 2 amide bonds. The van der Waals surface area contributed by atoms with Crippen LogP contribution >= 0.6 is 34.8 Å². The van der Waals surface area contributed by atoms with Crippen molar-refractivity contribution < 1.29 is 18.7 Å². The molecule has 2 N–H and O–H groups in total. The normalized spacial score (nSPS) is 16.4. The number of halogens is 4. The standard InChI is InChI=1S/C31H31Cl3FN3O3/c1-31(2,3)41-28(39)17-37-11-9-18(10-12-37)19-13-22(21-8-7-20(35)15-26(21)34)23-16-36-30(40)38(27(23)14-19)29-24(32)5-4-6-25(29)33/h4-8,13-15,18H,9-12,16-17H2,1-3H3,(H,36,40)/p+1. The summed E-state index contributed by atoms with van der Waals surface area (Å²) in [6, 6.07) is 13.2. The Kier molecular flexibility index (Phi) is 8.53. The predicted octanol–water partition coefficient (Wildman–Crippen LogP) is 8.31. The van der Waals surface area contributed by atoms with Gasteiger partial charge < -0.3 is 14.8 Å². The number of hydrogen-bond donors (Lipinski definition) is 1. The van der Waals surface area contributed by atoms with Crippen LogP contribution in [0.15, 0.2) is 48.5 Å². The van der Waals surface area contributed by atoms with Gasteiger partial charge in [0.15, 0.2) is 12.1 Å². The number of rotatable bonds is 5. The van der Waals surface area contributed by atoms with E-state index in [4.69, 9.17) is 39.5 Å². The molecule has 10 heteroatoms. The van der Waals surface area contributed by atoms with E-state index in [9.17, 15) is 14.0 Å². The Morgan fingerprint density at radius 2 is 1.71 bits per heavy atom. The van der Waals surface area contributed by atoms with Crippen LogP contribution in [-0.4, -0.2) is 46.9 Å². The summed E-state index contributed by atoms with van der Waals surface area (Å²) in [5, 5.41) is 3.89. The third-order valence-corrected chi connectivity index (χ3v) is 8.26. The van der Waals surface area contributed by atoms with Gasteiger partial charge in [0.25, 0.3) is 0 Å². The second-order valence-corrected chi connectivity index (χ2v) is 12.6. The van der Waals surface area contributed by atoms with Crippen LogP contribution in [0.3, 0.4) is 0 Å². The topological polar surface area (TPSA) is 66.2 Å². The third-order valence-electron chi connectivity index (χ3n) is 7.33. The molecule has 1 fully saturated rings. The number of benzene rings is 3. The fraction of sp³-hybridized carbons (Fsp3) is 0.355. The van der Waals surface area contributed by atoms with Crippen LogP contribution in [0.5, 0.6) is 0 Å². The van der Waals surface area contributed by atoms with Crippen molar-refractivity contribution in [1.82, 2.24) is 10.2 Å². The molecule has 2 aliphatic rings. The van der Waals surface area contributed by atoms with Gasteiger partial charge in [-0.05, 0) is 79.4 Å². The Bertz CT molecular complexity index is 1480. The maximum atomic E-state index is 14.0. The van der Waals surface area contributed by atoms with Crippen LogP contribution < -0.4 is 10.2 Å². The lowest BCUT2D eigenvalue weighted by Gasteiger charge is -2.35. The number of para-hydroxylation sites is 1. The molecule has 3 aromatic carbocycles. The Morgan fingerprint density at radius 1 is 1.02 bits per heavy atom. The zero-order valence-corrected chi connectivity index (χ0v) is 25.4. The van der Waals surface area contributed by atoms with Crippen molar-refractivity contribution in [2.24, 2.45) is 0 Å². The summed E-state index contributed by atoms with van der Waals surface area (Å²) in [5.74, 6) is -0.241.